The Balaban J connectivity index is 1.59. The van der Waals surface area contributed by atoms with Crippen molar-refractivity contribution in [2.45, 2.75) is 0 Å². The monoisotopic (exact) mass is 429 g/mol. The summed E-state index contributed by atoms with van der Waals surface area (Å²) in [6.45, 7) is 0. The molecule has 3 aromatic carbocycles. The number of rotatable bonds is 5. The Morgan fingerprint density at radius 3 is 2.14 bits per heavy atom. The highest BCUT2D eigenvalue weighted by atomic mass is 35.5. The normalized spacial score (nSPS) is 10.7. The van der Waals surface area contributed by atoms with E-state index in [2.05, 4.69) is 15.8 Å². The van der Waals surface area contributed by atoms with Crippen molar-refractivity contribution in [3.8, 4) is 0 Å². The molecule has 0 saturated carbocycles. The molecular weight excluding hydrogens is 416 g/mol. The minimum Gasteiger partial charge on any atom is -0.322 e. The second-order valence-electron chi connectivity index (χ2n) is 5.90. The summed E-state index contributed by atoms with van der Waals surface area (Å²) in [5, 5.41) is 7.46. The first-order valence-corrected chi connectivity index (χ1v) is 9.13. The molecule has 0 aliphatic carbocycles. The molecule has 0 radical (unpaired) electrons. The molecule has 0 aliphatic heterocycles. The molecule has 0 heterocycles. The topological polar surface area (TPSA) is 70.6 Å². The molecule has 0 spiro atoms. The average molecular weight is 430 g/mol. The van der Waals surface area contributed by atoms with Gasteiger partial charge in [-0.15, -0.1) is 0 Å². The number of benzene rings is 3. The van der Waals surface area contributed by atoms with Crippen LogP contribution in [0.4, 0.5) is 10.1 Å². The van der Waals surface area contributed by atoms with Crippen LogP contribution in [-0.2, 0) is 0 Å². The first-order valence-electron chi connectivity index (χ1n) is 8.38. The summed E-state index contributed by atoms with van der Waals surface area (Å²) in [5.41, 5.74) is 4.17. The molecule has 3 rings (SSSR count). The minimum atomic E-state index is -0.428. The third kappa shape index (κ3) is 5.63. The van der Waals surface area contributed by atoms with Crippen molar-refractivity contribution < 1.29 is 14.0 Å². The number of nitrogens with zero attached hydrogens (tertiary/aromatic N) is 1. The highest BCUT2D eigenvalue weighted by molar-refractivity contribution is 6.36. The molecule has 0 bridgehead atoms. The van der Waals surface area contributed by atoms with Gasteiger partial charge in [-0.25, -0.2) is 9.82 Å². The molecule has 8 heteroatoms. The highest BCUT2D eigenvalue weighted by Gasteiger charge is 2.08. The van der Waals surface area contributed by atoms with Crippen molar-refractivity contribution in [1.29, 1.82) is 0 Å². The van der Waals surface area contributed by atoms with Gasteiger partial charge in [0.05, 0.1) is 11.2 Å². The Morgan fingerprint density at radius 1 is 0.862 bits per heavy atom. The number of hydrogen-bond donors (Lipinski definition) is 2. The van der Waals surface area contributed by atoms with Crippen LogP contribution in [0.3, 0.4) is 0 Å². The van der Waals surface area contributed by atoms with E-state index in [9.17, 15) is 14.0 Å². The van der Waals surface area contributed by atoms with Crippen molar-refractivity contribution in [2.24, 2.45) is 5.10 Å². The molecular formula is C21H14Cl2FN3O2. The quantitative estimate of drug-likeness (QED) is 0.434. The van der Waals surface area contributed by atoms with Crippen molar-refractivity contribution in [2.75, 3.05) is 5.32 Å². The predicted octanol–water partition coefficient (Wildman–Crippen LogP) is 5.15. The number of halogens is 3. The van der Waals surface area contributed by atoms with E-state index in [1.165, 1.54) is 30.5 Å². The van der Waals surface area contributed by atoms with Gasteiger partial charge in [-0.3, -0.25) is 9.59 Å². The number of hydrogen-bond acceptors (Lipinski definition) is 3. The van der Waals surface area contributed by atoms with Gasteiger partial charge in [0, 0.05) is 27.4 Å². The van der Waals surface area contributed by atoms with Crippen LogP contribution in [-0.4, -0.2) is 18.0 Å². The van der Waals surface area contributed by atoms with Gasteiger partial charge in [0.15, 0.2) is 0 Å². The molecule has 0 unspecified atom stereocenters. The number of nitrogens with one attached hydrogen (secondary N) is 2. The average Bonchev–Trinajstić information content (AvgIpc) is 2.70. The lowest BCUT2D eigenvalue weighted by Crippen LogP contribution is -2.18. The van der Waals surface area contributed by atoms with Gasteiger partial charge in [-0.2, -0.15) is 5.10 Å². The third-order valence-electron chi connectivity index (χ3n) is 3.84. The summed E-state index contributed by atoms with van der Waals surface area (Å²) in [7, 11) is 0. The molecule has 29 heavy (non-hydrogen) atoms. The van der Waals surface area contributed by atoms with Crippen molar-refractivity contribution in [3.63, 3.8) is 0 Å². The molecule has 3 aromatic rings. The van der Waals surface area contributed by atoms with Gasteiger partial charge >= 0.3 is 0 Å². The summed E-state index contributed by atoms with van der Waals surface area (Å²) in [6, 6.07) is 16.3. The van der Waals surface area contributed by atoms with E-state index in [1.54, 1.807) is 42.5 Å². The molecule has 2 N–H and O–H groups in total. The summed E-state index contributed by atoms with van der Waals surface area (Å²) < 4.78 is 12.9. The van der Waals surface area contributed by atoms with E-state index in [4.69, 9.17) is 23.2 Å². The number of hydrazone groups is 1. The number of carbonyl (C=O) groups is 2. The van der Waals surface area contributed by atoms with Crippen LogP contribution in [0, 0.1) is 5.82 Å². The molecule has 0 atom stereocenters. The molecule has 0 aliphatic rings. The van der Waals surface area contributed by atoms with Gasteiger partial charge in [0.2, 0.25) is 0 Å². The Bertz CT molecular complexity index is 1070. The van der Waals surface area contributed by atoms with Crippen LogP contribution in [0.2, 0.25) is 10.0 Å². The fourth-order valence-corrected chi connectivity index (χ4v) is 2.80. The van der Waals surface area contributed by atoms with Crippen LogP contribution < -0.4 is 10.7 Å². The van der Waals surface area contributed by atoms with Crippen molar-refractivity contribution in [3.05, 3.63) is 99.3 Å². The van der Waals surface area contributed by atoms with Crippen LogP contribution in [0.1, 0.15) is 26.3 Å². The molecule has 146 valence electrons. The lowest BCUT2D eigenvalue weighted by atomic mass is 10.1. The Morgan fingerprint density at radius 2 is 1.48 bits per heavy atom. The fourth-order valence-electron chi connectivity index (χ4n) is 2.34. The maximum absolute atomic E-state index is 12.9. The summed E-state index contributed by atoms with van der Waals surface area (Å²) in [5.74, 6) is -1.23. The van der Waals surface area contributed by atoms with E-state index in [0.29, 0.717) is 32.4 Å². The fraction of sp³-hybridized carbons (Fsp3) is 0. The smallest absolute Gasteiger partial charge is 0.271 e. The molecule has 0 aromatic heterocycles. The number of carbonyl (C=O) groups excluding carboxylic acids is 2. The standard InChI is InChI=1S/C21H14Cl2FN3O2/c22-16-6-1-15(19(23)11-16)12-25-27-21(29)14-4-9-18(10-5-14)26-20(28)13-2-7-17(24)8-3-13/h1-12H,(H,26,28)(H,27,29)/b25-12+. The second-order valence-corrected chi connectivity index (χ2v) is 6.75. The maximum atomic E-state index is 12.9. The minimum absolute atomic E-state index is 0.323. The van der Waals surface area contributed by atoms with Gasteiger partial charge in [0.25, 0.3) is 11.8 Å². The molecule has 2 amide bonds. The van der Waals surface area contributed by atoms with Gasteiger partial charge in [0.1, 0.15) is 5.82 Å². The number of amides is 2. The summed E-state index contributed by atoms with van der Waals surface area (Å²) in [6.07, 6.45) is 1.41. The zero-order valence-corrected chi connectivity index (χ0v) is 16.3. The highest BCUT2D eigenvalue weighted by Crippen LogP contribution is 2.19. The van der Waals surface area contributed by atoms with Crippen LogP contribution in [0.25, 0.3) is 0 Å². The van der Waals surface area contributed by atoms with E-state index in [1.807, 2.05) is 0 Å². The summed E-state index contributed by atoms with van der Waals surface area (Å²) in [4.78, 5) is 24.3. The van der Waals surface area contributed by atoms with Crippen LogP contribution in [0.5, 0.6) is 0 Å². The summed E-state index contributed by atoms with van der Waals surface area (Å²) >= 11 is 11.9. The van der Waals surface area contributed by atoms with Crippen LogP contribution in [0.15, 0.2) is 71.8 Å². The molecule has 0 fully saturated rings. The van der Waals surface area contributed by atoms with Gasteiger partial charge in [-0.1, -0.05) is 29.3 Å². The van der Waals surface area contributed by atoms with E-state index >= 15 is 0 Å². The second kappa shape index (κ2) is 9.32. The maximum Gasteiger partial charge on any atom is 0.271 e. The van der Waals surface area contributed by atoms with Crippen LogP contribution >= 0.6 is 23.2 Å². The molecule has 0 saturated heterocycles. The largest absolute Gasteiger partial charge is 0.322 e. The van der Waals surface area contributed by atoms with Gasteiger partial charge in [-0.05, 0) is 60.7 Å². The third-order valence-corrected chi connectivity index (χ3v) is 4.41. The first kappa shape index (κ1) is 20.5. The Hall–Kier alpha value is -3.22. The van der Waals surface area contributed by atoms with Crippen molar-refractivity contribution >= 4 is 46.9 Å². The van der Waals surface area contributed by atoms with Gasteiger partial charge < -0.3 is 5.32 Å². The van der Waals surface area contributed by atoms with Crippen molar-refractivity contribution in [1.82, 2.24) is 5.43 Å². The van der Waals surface area contributed by atoms with E-state index in [0.717, 1.165) is 0 Å². The molecule has 5 nitrogen and oxygen atoms in total. The van der Waals surface area contributed by atoms with E-state index in [-0.39, 0.29) is 5.91 Å². The Labute approximate surface area is 176 Å². The SMILES string of the molecule is O=C(N/N=C/c1ccc(Cl)cc1Cl)c1ccc(NC(=O)c2ccc(F)cc2)cc1. The lowest BCUT2D eigenvalue weighted by Gasteiger charge is -2.06. The zero-order chi connectivity index (χ0) is 20.8. The lowest BCUT2D eigenvalue weighted by molar-refractivity contribution is 0.0954. The van der Waals surface area contributed by atoms with E-state index < -0.39 is 11.7 Å². The zero-order valence-electron chi connectivity index (χ0n) is 14.8. The predicted molar refractivity (Wildman–Crippen MR) is 112 cm³/mol. The first-order chi connectivity index (χ1) is 13.9. The Kier molecular flexibility index (Phi) is 6.59. The number of anilines is 1.